The number of hydrogen-bond donors (Lipinski definition) is 2. The number of carbonyl (C=O) groups is 1. The number of hydrogen-bond acceptors (Lipinski definition) is 6. The number of anilines is 1. The highest BCUT2D eigenvalue weighted by atomic mass is 16.5. The van der Waals surface area contributed by atoms with Crippen LogP contribution < -0.4 is 9.64 Å². The maximum Gasteiger partial charge on any atom is 0.222 e. The zero-order chi connectivity index (χ0) is 23.8. The van der Waals surface area contributed by atoms with E-state index in [0.29, 0.717) is 26.1 Å². The van der Waals surface area contributed by atoms with Crippen LogP contribution in [0.3, 0.4) is 0 Å². The minimum absolute atomic E-state index is 0.124. The van der Waals surface area contributed by atoms with E-state index in [4.69, 9.17) is 4.74 Å². The van der Waals surface area contributed by atoms with Crippen molar-refractivity contribution in [1.82, 2.24) is 9.80 Å². The summed E-state index contributed by atoms with van der Waals surface area (Å²) in [7, 11) is 0. The van der Waals surface area contributed by atoms with Gasteiger partial charge in [0.25, 0.3) is 0 Å². The number of β-amino-alcohol motifs (C(OH)–C–C–N with tert-alkyl or cyclic N) is 2. The number of benzene rings is 2. The summed E-state index contributed by atoms with van der Waals surface area (Å²) < 4.78 is 6.12. The second kappa shape index (κ2) is 12.2. The van der Waals surface area contributed by atoms with Crippen LogP contribution in [0.2, 0.25) is 0 Å². The van der Waals surface area contributed by atoms with Crippen molar-refractivity contribution in [3.05, 3.63) is 54.6 Å². The molecule has 2 atom stereocenters. The van der Waals surface area contributed by atoms with Crippen LogP contribution in [0.15, 0.2) is 54.6 Å². The molecule has 0 aromatic heterocycles. The number of para-hydroxylation sites is 3. The van der Waals surface area contributed by atoms with Gasteiger partial charge in [0, 0.05) is 58.7 Å². The van der Waals surface area contributed by atoms with Crippen molar-refractivity contribution in [3.8, 4) is 11.5 Å². The minimum atomic E-state index is -0.694. The van der Waals surface area contributed by atoms with Gasteiger partial charge in [-0.05, 0) is 37.1 Å². The molecule has 7 heteroatoms. The fraction of sp³-hybridized carbons (Fsp3) is 0.519. The summed E-state index contributed by atoms with van der Waals surface area (Å²) >= 11 is 0. The Labute approximate surface area is 202 Å². The average Bonchev–Trinajstić information content (AvgIpc) is 3.04. The number of piperazine rings is 1. The highest BCUT2D eigenvalue weighted by Gasteiger charge is 2.24. The lowest BCUT2D eigenvalue weighted by Crippen LogP contribution is -2.49. The first kappa shape index (κ1) is 24.5. The molecule has 34 heavy (non-hydrogen) atoms. The van der Waals surface area contributed by atoms with E-state index in [0.717, 1.165) is 62.6 Å². The molecule has 2 saturated heterocycles. The van der Waals surface area contributed by atoms with Crippen LogP contribution in [-0.2, 0) is 4.79 Å². The Morgan fingerprint density at radius 2 is 1.50 bits per heavy atom. The summed E-state index contributed by atoms with van der Waals surface area (Å²) in [5, 5.41) is 21.0. The van der Waals surface area contributed by atoms with Gasteiger partial charge in [0.15, 0.2) is 5.75 Å². The molecule has 4 rings (SSSR count). The highest BCUT2D eigenvalue weighted by Crippen LogP contribution is 2.32. The summed E-state index contributed by atoms with van der Waals surface area (Å²) in [6, 6.07) is 17.9. The highest BCUT2D eigenvalue weighted by molar-refractivity contribution is 5.76. The third-order valence-corrected chi connectivity index (χ3v) is 6.66. The molecule has 0 saturated carbocycles. The van der Waals surface area contributed by atoms with Crippen molar-refractivity contribution in [1.29, 1.82) is 0 Å². The summed E-state index contributed by atoms with van der Waals surface area (Å²) in [5.41, 5.74) is 1.07. The van der Waals surface area contributed by atoms with E-state index in [1.807, 2.05) is 48.5 Å². The summed E-state index contributed by atoms with van der Waals surface area (Å²) in [4.78, 5) is 18.5. The van der Waals surface area contributed by atoms with Crippen LogP contribution in [-0.4, -0.2) is 83.9 Å². The average molecular weight is 468 g/mol. The van der Waals surface area contributed by atoms with Gasteiger partial charge >= 0.3 is 0 Å². The maximum atomic E-state index is 12.2. The quantitative estimate of drug-likeness (QED) is 0.590. The smallest absolute Gasteiger partial charge is 0.222 e. The van der Waals surface area contributed by atoms with Gasteiger partial charge in [0.2, 0.25) is 5.91 Å². The normalized spacial score (nSPS) is 19.5. The number of likely N-dealkylation sites (tertiary alicyclic amines) is 1. The number of rotatable bonds is 9. The number of aliphatic hydroxyl groups is 2. The number of carbonyl (C=O) groups excluding carboxylic acids is 1. The molecule has 0 aliphatic carbocycles. The van der Waals surface area contributed by atoms with E-state index in [-0.39, 0.29) is 12.3 Å². The third kappa shape index (κ3) is 6.95. The second-order valence-electron chi connectivity index (χ2n) is 9.36. The zero-order valence-electron chi connectivity index (χ0n) is 19.9. The van der Waals surface area contributed by atoms with Crippen molar-refractivity contribution in [3.63, 3.8) is 0 Å². The van der Waals surface area contributed by atoms with Crippen LogP contribution in [0.4, 0.5) is 5.69 Å². The number of amides is 1. The molecular formula is C27H37N3O4. The van der Waals surface area contributed by atoms with Gasteiger partial charge in [-0.2, -0.15) is 0 Å². The van der Waals surface area contributed by atoms with Crippen LogP contribution in [0, 0.1) is 0 Å². The van der Waals surface area contributed by atoms with Crippen molar-refractivity contribution in [2.75, 3.05) is 50.7 Å². The molecule has 0 spiro atoms. The minimum Gasteiger partial charge on any atom is -0.455 e. The Kier molecular flexibility index (Phi) is 8.79. The topological polar surface area (TPSA) is 76.5 Å². The van der Waals surface area contributed by atoms with Crippen LogP contribution in [0.25, 0.3) is 0 Å². The Hall–Kier alpha value is -2.61. The number of aliphatic hydroxyl groups excluding tert-OH is 2. The molecule has 2 fully saturated rings. The Balaban J connectivity index is 1.24. The van der Waals surface area contributed by atoms with Gasteiger partial charge in [-0.15, -0.1) is 0 Å². The van der Waals surface area contributed by atoms with E-state index in [1.54, 1.807) is 4.90 Å². The molecule has 7 nitrogen and oxygen atoms in total. The van der Waals surface area contributed by atoms with Gasteiger partial charge in [0.1, 0.15) is 5.75 Å². The van der Waals surface area contributed by atoms with E-state index in [9.17, 15) is 15.0 Å². The standard InChI is InChI=1S/C27H37N3O4/c31-22(19-23(32)21-30-14-8-2-5-13-27(30)33)20-28-15-17-29(18-16-28)25-11-6-7-12-26(25)34-24-9-3-1-4-10-24/h1,3-4,6-7,9-12,22-23,31-32H,2,5,8,13-21H2. The van der Waals surface area contributed by atoms with E-state index in [1.165, 1.54) is 0 Å². The van der Waals surface area contributed by atoms with E-state index >= 15 is 0 Å². The van der Waals surface area contributed by atoms with Gasteiger partial charge in [-0.25, -0.2) is 0 Å². The van der Waals surface area contributed by atoms with Crippen LogP contribution in [0.5, 0.6) is 11.5 Å². The second-order valence-corrected chi connectivity index (χ2v) is 9.36. The monoisotopic (exact) mass is 467 g/mol. The molecule has 2 heterocycles. The largest absolute Gasteiger partial charge is 0.455 e. The van der Waals surface area contributed by atoms with Gasteiger partial charge in [-0.3, -0.25) is 9.69 Å². The van der Waals surface area contributed by atoms with Gasteiger partial charge in [0.05, 0.1) is 17.9 Å². The molecular weight excluding hydrogens is 430 g/mol. The first-order valence-corrected chi connectivity index (χ1v) is 12.5. The zero-order valence-corrected chi connectivity index (χ0v) is 19.9. The summed E-state index contributed by atoms with van der Waals surface area (Å²) in [6.07, 6.45) is 2.54. The lowest BCUT2D eigenvalue weighted by molar-refractivity contribution is -0.132. The van der Waals surface area contributed by atoms with Crippen LogP contribution >= 0.6 is 0 Å². The van der Waals surface area contributed by atoms with Gasteiger partial charge in [-0.1, -0.05) is 36.8 Å². The molecule has 2 aliphatic heterocycles. The predicted octanol–water partition coefficient (Wildman–Crippen LogP) is 3.12. The molecule has 2 aromatic rings. The van der Waals surface area contributed by atoms with Crippen molar-refractivity contribution in [2.45, 2.75) is 44.3 Å². The van der Waals surface area contributed by atoms with Crippen LogP contribution in [0.1, 0.15) is 32.1 Å². The lowest BCUT2D eigenvalue weighted by Gasteiger charge is -2.37. The van der Waals surface area contributed by atoms with Gasteiger partial charge < -0.3 is 24.7 Å². The third-order valence-electron chi connectivity index (χ3n) is 6.66. The summed E-state index contributed by atoms with van der Waals surface area (Å²) in [5.74, 6) is 1.78. The number of ether oxygens (including phenoxy) is 1. The predicted molar refractivity (Wildman–Crippen MR) is 133 cm³/mol. The molecule has 2 unspecified atom stereocenters. The SMILES string of the molecule is O=C1CCCCCN1CC(O)CC(O)CN1CCN(c2ccccc2Oc2ccccc2)CC1. The molecule has 184 valence electrons. The summed E-state index contributed by atoms with van der Waals surface area (Å²) in [6.45, 7) is 4.90. The maximum absolute atomic E-state index is 12.2. The van der Waals surface area contributed by atoms with Crippen molar-refractivity contribution in [2.24, 2.45) is 0 Å². The molecule has 0 bridgehead atoms. The lowest BCUT2D eigenvalue weighted by atomic mass is 10.1. The van der Waals surface area contributed by atoms with E-state index < -0.39 is 12.2 Å². The molecule has 1 amide bonds. The van der Waals surface area contributed by atoms with Crippen molar-refractivity contribution >= 4 is 11.6 Å². The fourth-order valence-electron chi connectivity index (χ4n) is 4.84. The molecule has 0 radical (unpaired) electrons. The molecule has 2 N–H and O–H groups in total. The van der Waals surface area contributed by atoms with Crippen molar-refractivity contribution < 1.29 is 19.7 Å². The Bertz CT molecular complexity index is 902. The fourth-order valence-corrected chi connectivity index (χ4v) is 4.84. The molecule has 2 aliphatic rings. The molecule has 2 aromatic carbocycles. The first-order chi connectivity index (χ1) is 16.6. The Morgan fingerprint density at radius 1 is 0.794 bits per heavy atom. The Morgan fingerprint density at radius 3 is 2.29 bits per heavy atom. The van der Waals surface area contributed by atoms with E-state index in [2.05, 4.69) is 15.9 Å². The first-order valence-electron chi connectivity index (χ1n) is 12.5. The number of nitrogens with zero attached hydrogens (tertiary/aromatic N) is 3.